The van der Waals surface area contributed by atoms with Crippen molar-refractivity contribution in [3.8, 4) is 0 Å². The maximum atomic E-state index is 11.6. The second-order valence-electron chi connectivity index (χ2n) is 4.25. The summed E-state index contributed by atoms with van der Waals surface area (Å²) in [6.45, 7) is 1.93. The number of pyridine rings is 1. The van der Waals surface area contributed by atoms with Gasteiger partial charge in [0.05, 0.1) is 5.92 Å². The number of piperidine rings is 1. The van der Waals surface area contributed by atoms with Gasteiger partial charge in [-0.05, 0) is 43.5 Å². The van der Waals surface area contributed by atoms with E-state index in [2.05, 4.69) is 10.3 Å². The fourth-order valence-corrected chi connectivity index (χ4v) is 2.41. The van der Waals surface area contributed by atoms with Gasteiger partial charge in [-0.3, -0.25) is 9.78 Å². The molecule has 6 heteroatoms. The number of hydrogen-bond acceptors (Lipinski definition) is 3. The molecule has 0 aromatic carbocycles. The Labute approximate surface area is 120 Å². The lowest BCUT2D eigenvalue weighted by Crippen LogP contribution is -2.36. The highest BCUT2D eigenvalue weighted by Crippen LogP contribution is 2.30. The summed E-state index contributed by atoms with van der Waals surface area (Å²) < 4.78 is 0. The van der Waals surface area contributed by atoms with E-state index in [1.807, 2.05) is 12.1 Å². The predicted molar refractivity (Wildman–Crippen MR) is 76.3 cm³/mol. The number of nitrogens with two attached hydrogens (primary N) is 1. The lowest BCUT2D eigenvalue weighted by atomic mass is 9.80. The summed E-state index contributed by atoms with van der Waals surface area (Å²) in [6, 6.07) is 3.79. The van der Waals surface area contributed by atoms with Crippen LogP contribution in [0.3, 0.4) is 0 Å². The number of primary amides is 1. The van der Waals surface area contributed by atoms with Crippen molar-refractivity contribution in [2.75, 3.05) is 13.1 Å². The number of hydrogen-bond donors (Lipinski definition) is 2. The highest BCUT2D eigenvalue weighted by Gasteiger charge is 2.29. The molecule has 102 valence electrons. The second-order valence-corrected chi connectivity index (χ2v) is 4.25. The summed E-state index contributed by atoms with van der Waals surface area (Å²) in [7, 11) is 0. The Balaban J connectivity index is 0.00000144. The molecular formula is C12H19Cl2N3O. The molecule has 0 aliphatic carbocycles. The summed E-state index contributed by atoms with van der Waals surface area (Å²) in [5, 5.41) is 3.29. The third-order valence-corrected chi connectivity index (χ3v) is 3.21. The fourth-order valence-electron chi connectivity index (χ4n) is 2.41. The Kier molecular flexibility index (Phi) is 7.91. The number of nitrogens with one attached hydrogen (secondary N) is 1. The van der Waals surface area contributed by atoms with Crippen LogP contribution in [-0.2, 0) is 4.79 Å². The number of halogens is 2. The van der Waals surface area contributed by atoms with E-state index in [0.717, 1.165) is 31.5 Å². The molecule has 2 heterocycles. The molecule has 1 aliphatic heterocycles. The molecule has 1 unspecified atom stereocenters. The fraction of sp³-hybridized carbons (Fsp3) is 0.500. The van der Waals surface area contributed by atoms with Gasteiger partial charge in [-0.2, -0.15) is 0 Å². The van der Waals surface area contributed by atoms with Crippen LogP contribution in [0.15, 0.2) is 24.5 Å². The first-order valence-corrected chi connectivity index (χ1v) is 5.69. The lowest BCUT2D eigenvalue weighted by molar-refractivity contribution is -0.120. The van der Waals surface area contributed by atoms with Crippen LogP contribution in [0.4, 0.5) is 0 Å². The summed E-state index contributed by atoms with van der Waals surface area (Å²) in [5.74, 6) is -0.0707. The molecule has 1 atom stereocenters. The molecule has 1 aliphatic rings. The van der Waals surface area contributed by atoms with Crippen LogP contribution in [0.2, 0.25) is 0 Å². The predicted octanol–water partition coefficient (Wildman–Crippen LogP) is 1.49. The first-order valence-electron chi connectivity index (χ1n) is 5.69. The molecule has 1 aromatic rings. The van der Waals surface area contributed by atoms with Crippen LogP contribution < -0.4 is 11.1 Å². The number of aromatic nitrogens is 1. The largest absolute Gasteiger partial charge is 0.369 e. The van der Waals surface area contributed by atoms with Crippen LogP contribution in [0, 0.1) is 5.92 Å². The average Bonchev–Trinajstić information content (AvgIpc) is 2.31. The average molecular weight is 292 g/mol. The summed E-state index contributed by atoms with van der Waals surface area (Å²) >= 11 is 0. The Morgan fingerprint density at radius 2 is 2.06 bits per heavy atom. The normalized spacial score (nSPS) is 17.1. The van der Waals surface area contributed by atoms with Crippen LogP contribution in [0.5, 0.6) is 0 Å². The number of carbonyl (C=O) groups excluding carboxylic acids is 1. The van der Waals surface area contributed by atoms with Gasteiger partial charge in [-0.15, -0.1) is 24.8 Å². The van der Waals surface area contributed by atoms with Gasteiger partial charge in [-0.1, -0.05) is 6.07 Å². The number of carbonyl (C=O) groups is 1. The minimum absolute atomic E-state index is 0. The summed E-state index contributed by atoms with van der Waals surface area (Å²) in [6.07, 6.45) is 5.46. The lowest BCUT2D eigenvalue weighted by Gasteiger charge is -2.28. The van der Waals surface area contributed by atoms with E-state index in [4.69, 9.17) is 5.73 Å². The molecule has 0 spiro atoms. The monoisotopic (exact) mass is 291 g/mol. The molecule has 1 saturated heterocycles. The molecule has 3 N–H and O–H groups in total. The molecule has 4 nitrogen and oxygen atoms in total. The third kappa shape index (κ3) is 4.12. The second kappa shape index (κ2) is 8.29. The molecule has 18 heavy (non-hydrogen) atoms. The van der Waals surface area contributed by atoms with Gasteiger partial charge in [-0.25, -0.2) is 0 Å². The van der Waals surface area contributed by atoms with Crippen LogP contribution in [0.25, 0.3) is 0 Å². The van der Waals surface area contributed by atoms with E-state index in [1.165, 1.54) is 0 Å². The van der Waals surface area contributed by atoms with Crippen LogP contribution in [0.1, 0.15) is 24.3 Å². The quantitative estimate of drug-likeness (QED) is 0.887. The van der Waals surface area contributed by atoms with E-state index in [1.54, 1.807) is 12.4 Å². The number of amides is 1. The van der Waals surface area contributed by atoms with Crippen molar-refractivity contribution < 1.29 is 4.79 Å². The molecule has 0 radical (unpaired) electrons. The first kappa shape index (κ1) is 17.2. The van der Waals surface area contributed by atoms with Gasteiger partial charge in [0.2, 0.25) is 5.91 Å². The van der Waals surface area contributed by atoms with Crippen molar-refractivity contribution in [3.63, 3.8) is 0 Å². The van der Waals surface area contributed by atoms with Crippen molar-refractivity contribution in [3.05, 3.63) is 30.1 Å². The van der Waals surface area contributed by atoms with Crippen LogP contribution >= 0.6 is 24.8 Å². The van der Waals surface area contributed by atoms with E-state index in [9.17, 15) is 4.79 Å². The van der Waals surface area contributed by atoms with Gasteiger partial charge in [0.1, 0.15) is 0 Å². The maximum absolute atomic E-state index is 11.6. The van der Waals surface area contributed by atoms with Gasteiger partial charge in [0.15, 0.2) is 0 Å². The Bertz CT molecular complexity index is 356. The summed E-state index contributed by atoms with van der Waals surface area (Å²) in [4.78, 5) is 15.6. The maximum Gasteiger partial charge on any atom is 0.225 e. The molecule has 0 saturated carbocycles. The Hall–Kier alpha value is -0.840. The SMILES string of the molecule is Cl.Cl.NC(=O)C(c1cccnc1)C1CCNCC1. The zero-order valence-electron chi connectivity index (χ0n) is 10.0. The standard InChI is InChI=1S/C12H17N3O.2ClH/c13-12(16)11(9-3-6-14-7-4-9)10-2-1-5-15-8-10;;/h1-2,5,8-9,11,14H,3-4,6-7H2,(H2,13,16);2*1H. The van der Waals surface area contributed by atoms with Crippen LogP contribution in [-0.4, -0.2) is 24.0 Å². The van der Waals surface area contributed by atoms with Crippen molar-refractivity contribution >= 4 is 30.7 Å². The van der Waals surface area contributed by atoms with Gasteiger partial charge in [0.25, 0.3) is 0 Å². The van der Waals surface area contributed by atoms with E-state index in [-0.39, 0.29) is 36.6 Å². The molecule has 2 rings (SSSR count). The highest BCUT2D eigenvalue weighted by molar-refractivity contribution is 5.85. The first-order chi connectivity index (χ1) is 7.79. The zero-order chi connectivity index (χ0) is 11.4. The van der Waals surface area contributed by atoms with Crippen molar-refractivity contribution in [1.29, 1.82) is 0 Å². The molecular weight excluding hydrogens is 273 g/mol. The molecule has 1 fully saturated rings. The Morgan fingerprint density at radius 3 is 2.56 bits per heavy atom. The summed E-state index contributed by atoms with van der Waals surface area (Å²) in [5.41, 5.74) is 6.46. The zero-order valence-corrected chi connectivity index (χ0v) is 11.7. The number of nitrogens with zero attached hydrogens (tertiary/aromatic N) is 1. The van der Waals surface area contributed by atoms with Gasteiger partial charge < -0.3 is 11.1 Å². The minimum atomic E-state index is -0.236. The van der Waals surface area contributed by atoms with Crippen molar-refractivity contribution in [2.45, 2.75) is 18.8 Å². The Morgan fingerprint density at radius 1 is 1.39 bits per heavy atom. The molecule has 1 amide bonds. The topological polar surface area (TPSA) is 68.0 Å². The van der Waals surface area contributed by atoms with E-state index < -0.39 is 0 Å². The highest BCUT2D eigenvalue weighted by atomic mass is 35.5. The van der Waals surface area contributed by atoms with E-state index >= 15 is 0 Å². The van der Waals surface area contributed by atoms with Crippen molar-refractivity contribution in [2.24, 2.45) is 11.7 Å². The number of rotatable bonds is 3. The van der Waals surface area contributed by atoms with Gasteiger partial charge >= 0.3 is 0 Å². The van der Waals surface area contributed by atoms with Gasteiger partial charge in [0, 0.05) is 12.4 Å². The van der Waals surface area contributed by atoms with E-state index in [0.29, 0.717) is 5.92 Å². The van der Waals surface area contributed by atoms with Crippen molar-refractivity contribution in [1.82, 2.24) is 10.3 Å². The smallest absolute Gasteiger partial charge is 0.225 e. The molecule has 0 bridgehead atoms. The minimum Gasteiger partial charge on any atom is -0.369 e. The third-order valence-electron chi connectivity index (χ3n) is 3.21. The molecule has 1 aromatic heterocycles.